The molecule has 0 heterocycles. The van der Waals surface area contributed by atoms with Gasteiger partial charge in [-0.3, -0.25) is 9.59 Å². The lowest BCUT2D eigenvalue weighted by Gasteiger charge is -2.05. The third-order valence-electron chi connectivity index (χ3n) is 2.44. The van der Waals surface area contributed by atoms with E-state index < -0.39 is 5.97 Å². The van der Waals surface area contributed by atoms with Crippen molar-refractivity contribution in [1.82, 2.24) is 5.48 Å². The number of hydrogen-bond acceptors (Lipinski definition) is 5. The average molecular weight is 260 g/mol. The maximum absolute atomic E-state index is 11.2. The molecule has 0 spiro atoms. The highest BCUT2D eigenvalue weighted by Gasteiger charge is 2.03. The molecule has 0 amide bonds. The quantitative estimate of drug-likeness (QED) is 0.360. The van der Waals surface area contributed by atoms with Crippen LogP contribution >= 0.6 is 0 Å². The zero-order chi connectivity index (χ0) is 13.6. The van der Waals surface area contributed by atoms with Crippen LogP contribution in [0.2, 0.25) is 0 Å². The van der Waals surface area contributed by atoms with Crippen LogP contribution in [0.4, 0.5) is 0 Å². The van der Waals surface area contributed by atoms with Crippen LogP contribution in [0.15, 0.2) is 0 Å². The number of rotatable bonds is 12. The first kappa shape index (κ1) is 16.9. The van der Waals surface area contributed by atoms with Crippen molar-refractivity contribution in [2.45, 2.75) is 51.4 Å². The Morgan fingerprint density at radius 2 is 1.67 bits per heavy atom. The highest BCUT2D eigenvalue weighted by Crippen LogP contribution is 2.01. The maximum Gasteiger partial charge on any atom is 0.324 e. The Bertz CT molecular complexity index is 234. The lowest BCUT2D eigenvalue weighted by molar-refractivity contribution is -0.151. The summed E-state index contributed by atoms with van der Waals surface area (Å²) >= 11 is 0. The molecule has 106 valence electrons. The van der Waals surface area contributed by atoms with Crippen molar-refractivity contribution in [3.8, 4) is 0 Å². The SMILES string of the molecule is NCCCCCCNOC(=O)CCCCC(=O)O. The summed E-state index contributed by atoms with van der Waals surface area (Å²) in [6, 6.07) is 0. The molecule has 0 aliphatic carbocycles. The molecule has 0 unspecified atom stereocenters. The number of hydrogen-bond donors (Lipinski definition) is 3. The van der Waals surface area contributed by atoms with Crippen molar-refractivity contribution < 1.29 is 19.5 Å². The van der Waals surface area contributed by atoms with Crippen molar-refractivity contribution in [3.05, 3.63) is 0 Å². The Hall–Kier alpha value is -1.14. The molecule has 0 radical (unpaired) electrons. The number of carboxylic acids is 1. The molecule has 0 fully saturated rings. The molecule has 0 aromatic carbocycles. The number of unbranched alkanes of at least 4 members (excludes halogenated alkanes) is 4. The van der Waals surface area contributed by atoms with Gasteiger partial charge in [0.1, 0.15) is 0 Å². The van der Waals surface area contributed by atoms with Gasteiger partial charge in [-0.05, 0) is 32.2 Å². The van der Waals surface area contributed by atoms with Gasteiger partial charge in [-0.2, -0.15) is 5.48 Å². The minimum atomic E-state index is -0.834. The number of aliphatic carboxylic acids is 1. The Morgan fingerprint density at radius 1 is 1.00 bits per heavy atom. The van der Waals surface area contributed by atoms with Gasteiger partial charge in [-0.25, -0.2) is 0 Å². The summed E-state index contributed by atoms with van der Waals surface area (Å²) in [6.45, 7) is 1.37. The zero-order valence-corrected chi connectivity index (χ0v) is 10.8. The van der Waals surface area contributed by atoms with Crippen LogP contribution in [0.1, 0.15) is 51.4 Å². The first-order valence-corrected chi connectivity index (χ1v) is 6.51. The normalized spacial score (nSPS) is 10.3. The highest BCUT2D eigenvalue weighted by atomic mass is 16.7. The number of hydroxylamine groups is 1. The van der Waals surface area contributed by atoms with E-state index in [9.17, 15) is 9.59 Å². The largest absolute Gasteiger partial charge is 0.481 e. The van der Waals surface area contributed by atoms with E-state index >= 15 is 0 Å². The van der Waals surface area contributed by atoms with Crippen molar-refractivity contribution in [2.75, 3.05) is 13.1 Å². The Morgan fingerprint density at radius 3 is 2.33 bits per heavy atom. The molecule has 18 heavy (non-hydrogen) atoms. The molecular weight excluding hydrogens is 236 g/mol. The fraction of sp³-hybridized carbons (Fsp3) is 0.833. The summed E-state index contributed by atoms with van der Waals surface area (Å²) in [5.74, 6) is -1.17. The summed E-state index contributed by atoms with van der Waals surface area (Å²) in [4.78, 5) is 26.2. The Balaban J connectivity index is 3.19. The average Bonchev–Trinajstić information content (AvgIpc) is 2.33. The molecular formula is C12H24N2O4. The summed E-state index contributed by atoms with van der Waals surface area (Å²) in [5.41, 5.74) is 7.98. The standard InChI is InChI=1S/C12H24N2O4/c13-9-5-1-2-6-10-14-18-12(17)8-4-3-7-11(15)16/h14H,1-10,13H2,(H,15,16). The minimum Gasteiger partial charge on any atom is -0.481 e. The van der Waals surface area contributed by atoms with Crippen LogP contribution < -0.4 is 11.2 Å². The molecule has 0 rings (SSSR count). The van der Waals surface area contributed by atoms with E-state index in [0.717, 1.165) is 32.2 Å². The van der Waals surface area contributed by atoms with Gasteiger partial charge in [0.25, 0.3) is 0 Å². The first-order valence-electron chi connectivity index (χ1n) is 6.51. The van der Waals surface area contributed by atoms with Crippen LogP contribution in [0.5, 0.6) is 0 Å². The van der Waals surface area contributed by atoms with E-state index in [1.165, 1.54) is 0 Å². The molecule has 0 bridgehead atoms. The monoisotopic (exact) mass is 260 g/mol. The lowest BCUT2D eigenvalue weighted by atomic mass is 10.2. The number of nitrogens with two attached hydrogens (primary N) is 1. The third-order valence-corrected chi connectivity index (χ3v) is 2.44. The molecule has 0 aromatic heterocycles. The summed E-state index contributed by atoms with van der Waals surface area (Å²) in [7, 11) is 0. The predicted octanol–water partition coefficient (Wildman–Crippen LogP) is 1.20. The molecule has 0 saturated carbocycles. The number of carboxylic acid groups (broad SMARTS) is 1. The van der Waals surface area contributed by atoms with E-state index in [4.69, 9.17) is 15.7 Å². The Kier molecular flexibility index (Phi) is 11.5. The molecule has 6 nitrogen and oxygen atoms in total. The van der Waals surface area contributed by atoms with E-state index in [-0.39, 0.29) is 18.8 Å². The lowest BCUT2D eigenvalue weighted by Crippen LogP contribution is -2.21. The van der Waals surface area contributed by atoms with Gasteiger partial charge in [-0.15, -0.1) is 0 Å². The van der Waals surface area contributed by atoms with Crippen LogP contribution in [0, 0.1) is 0 Å². The van der Waals surface area contributed by atoms with Crippen LogP contribution in [0.25, 0.3) is 0 Å². The van der Waals surface area contributed by atoms with Gasteiger partial charge in [-0.1, -0.05) is 12.8 Å². The van der Waals surface area contributed by atoms with E-state index in [1.807, 2.05) is 0 Å². The fourth-order valence-electron chi connectivity index (χ4n) is 1.42. The molecule has 0 atom stereocenters. The smallest absolute Gasteiger partial charge is 0.324 e. The Labute approximate surface area is 108 Å². The molecule has 0 aliphatic heterocycles. The van der Waals surface area contributed by atoms with Crippen molar-refractivity contribution in [2.24, 2.45) is 5.73 Å². The van der Waals surface area contributed by atoms with Gasteiger partial charge in [0.15, 0.2) is 0 Å². The van der Waals surface area contributed by atoms with Crippen molar-refractivity contribution in [1.29, 1.82) is 0 Å². The molecule has 6 heteroatoms. The topological polar surface area (TPSA) is 102 Å². The fourth-order valence-corrected chi connectivity index (χ4v) is 1.42. The summed E-state index contributed by atoms with van der Waals surface area (Å²) in [6.07, 6.45) is 5.56. The van der Waals surface area contributed by atoms with Gasteiger partial charge < -0.3 is 15.7 Å². The highest BCUT2D eigenvalue weighted by molar-refractivity contribution is 5.69. The van der Waals surface area contributed by atoms with Crippen LogP contribution in [-0.2, 0) is 14.4 Å². The second-order valence-electron chi connectivity index (χ2n) is 4.17. The van der Waals surface area contributed by atoms with Crippen LogP contribution in [0.3, 0.4) is 0 Å². The van der Waals surface area contributed by atoms with Gasteiger partial charge >= 0.3 is 11.9 Å². The second-order valence-corrected chi connectivity index (χ2v) is 4.17. The molecule has 0 aromatic rings. The first-order chi connectivity index (χ1) is 8.66. The molecule has 4 N–H and O–H groups in total. The summed E-state index contributed by atoms with van der Waals surface area (Å²) in [5, 5.41) is 8.40. The predicted molar refractivity (Wildman–Crippen MR) is 67.7 cm³/mol. The van der Waals surface area contributed by atoms with Crippen LogP contribution in [-0.4, -0.2) is 30.1 Å². The molecule has 0 aliphatic rings. The second kappa shape index (κ2) is 12.3. The minimum absolute atomic E-state index is 0.0991. The number of carbonyl (C=O) groups excluding carboxylic acids is 1. The maximum atomic E-state index is 11.2. The van der Waals surface area contributed by atoms with Gasteiger partial charge in [0, 0.05) is 19.4 Å². The van der Waals surface area contributed by atoms with Gasteiger partial charge in [0.05, 0.1) is 0 Å². The van der Waals surface area contributed by atoms with E-state index in [1.54, 1.807) is 0 Å². The number of nitrogens with one attached hydrogen (secondary N) is 1. The van der Waals surface area contributed by atoms with Gasteiger partial charge in [0.2, 0.25) is 0 Å². The zero-order valence-electron chi connectivity index (χ0n) is 10.8. The van der Waals surface area contributed by atoms with E-state index in [2.05, 4.69) is 5.48 Å². The molecule has 0 saturated heterocycles. The number of carbonyl (C=O) groups is 2. The van der Waals surface area contributed by atoms with Crippen molar-refractivity contribution in [3.63, 3.8) is 0 Å². The van der Waals surface area contributed by atoms with E-state index in [0.29, 0.717) is 19.4 Å². The summed E-state index contributed by atoms with van der Waals surface area (Å²) < 4.78 is 0. The third kappa shape index (κ3) is 12.9. The van der Waals surface area contributed by atoms with Crippen molar-refractivity contribution >= 4 is 11.9 Å².